The normalized spacial score (nSPS) is 11.6. The molecule has 13 nitrogen and oxygen atoms in total. The van der Waals surface area contributed by atoms with Crippen molar-refractivity contribution >= 4 is 29.2 Å². The Kier molecular flexibility index (Phi) is 9.26. The summed E-state index contributed by atoms with van der Waals surface area (Å²) in [5, 5.41) is 11.5. The number of fused-ring (bicyclic) bond motifs is 1. The summed E-state index contributed by atoms with van der Waals surface area (Å²) in [6.07, 6.45) is 5.21. The molecule has 1 atom stereocenters. The number of unbranched alkanes of at least 4 members (excludes halogenated alkanes) is 2. The van der Waals surface area contributed by atoms with E-state index in [4.69, 9.17) is 20.9 Å². The van der Waals surface area contributed by atoms with E-state index in [9.17, 15) is 14.7 Å². The van der Waals surface area contributed by atoms with Crippen LogP contribution >= 0.6 is 0 Å². The highest BCUT2D eigenvalue weighted by atomic mass is 16.5. The van der Waals surface area contributed by atoms with E-state index >= 15 is 0 Å². The minimum absolute atomic E-state index is 0.0616. The van der Waals surface area contributed by atoms with Gasteiger partial charge in [0, 0.05) is 13.1 Å². The highest BCUT2D eigenvalue weighted by Gasteiger charge is 2.20. The number of nitrogens with zero attached hydrogens (tertiary/aromatic N) is 5. The van der Waals surface area contributed by atoms with Crippen LogP contribution in [-0.2, 0) is 16.1 Å². The predicted octanol–water partition coefficient (Wildman–Crippen LogP) is 0.238. The second kappa shape index (κ2) is 12.1. The number of guanidine groups is 1. The molecule has 0 aliphatic heterocycles. The number of aryl methyl sites for hydroxylation is 1. The summed E-state index contributed by atoms with van der Waals surface area (Å²) in [7, 11) is 1.53. The van der Waals surface area contributed by atoms with Gasteiger partial charge in [-0.15, -0.1) is 0 Å². The lowest BCUT2D eigenvalue weighted by Gasteiger charge is -2.14. The first-order valence-corrected chi connectivity index (χ1v) is 9.83. The van der Waals surface area contributed by atoms with Crippen molar-refractivity contribution in [2.24, 2.45) is 16.5 Å². The van der Waals surface area contributed by atoms with Crippen molar-refractivity contribution in [3.8, 4) is 5.88 Å². The van der Waals surface area contributed by atoms with Crippen LogP contribution in [0.1, 0.15) is 32.1 Å². The van der Waals surface area contributed by atoms with Gasteiger partial charge in [0.15, 0.2) is 17.1 Å². The second-order valence-electron chi connectivity index (χ2n) is 6.67. The van der Waals surface area contributed by atoms with Crippen LogP contribution in [0.4, 0.5) is 4.79 Å². The average molecular weight is 436 g/mol. The fourth-order valence-corrected chi connectivity index (χ4v) is 2.84. The average Bonchev–Trinajstić information content (AvgIpc) is 3.15. The fraction of sp³-hybridized carbons (Fsp3) is 0.556. The van der Waals surface area contributed by atoms with Gasteiger partial charge < -0.3 is 35.9 Å². The minimum Gasteiger partial charge on any atom is -0.480 e. The Morgan fingerprint density at radius 1 is 1.23 bits per heavy atom. The van der Waals surface area contributed by atoms with Crippen LogP contribution in [0.25, 0.3) is 11.2 Å². The van der Waals surface area contributed by atoms with Crippen LogP contribution in [0.3, 0.4) is 0 Å². The molecular weight excluding hydrogens is 408 g/mol. The summed E-state index contributed by atoms with van der Waals surface area (Å²) >= 11 is 0. The van der Waals surface area contributed by atoms with E-state index in [2.05, 4.69) is 25.3 Å². The molecule has 170 valence electrons. The number of alkyl carbamates (subject to hydrolysis) is 1. The molecule has 0 spiro atoms. The number of carboxylic acid groups (broad SMARTS) is 1. The van der Waals surface area contributed by atoms with E-state index in [0.717, 1.165) is 12.8 Å². The van der Waals surface area contributed by atoms with Crippen LogP contribution in [0, 0.1) is 0 Å². The van der Waals surface area contributed by atoms with E-state index < -0.39 is 18.1 Å². The summed E-state index contributed by atoms with van der Waals surface area (Å²) in [6.45, 7) is 1.17. The number of ether oxygens (including phenoxy) is 2. The standard InChI is InChI=1S/C18H28N8O5/c1-30-15-13-14(22-10-23-15)26(11-24-13)8-3-2-4-9-31-18(29)25-12(16(27)28)6-5-7-21-17(19)20/h10-12H,2-9H2,1H3,(H,25,29)(H,27,28)(H4,19,20,21)/t12-/m1/s1. The molecule has 13 heteroatoms. The Morgan fingerprint density at radius 3 is 2.74 bits per heavy atom. The van der Waals surface area contributed by atoms with Gasteiger partial charge in [0.25, 0.3) is 0 Å². The molecule has 31 heavy (non-hydrogen) atoms. The van der Waals surface area contributed by atoms with Gasteiger partial charge in [-0.25, -0.2) is 19.6 Å². The Labute approximate surface area is 178 Å². The van der Waals surface area contributed by atoms with Crippen molar-refractivity contribution in [3.05, 3.63) is 12.7 Å². The van der Waals surface area contributed by atoms with Crippen LogP contribution < -0.4 is 21.5 Å². The summed E-state index contributed by atoms with van der Waals surface area (Å²) in [5.41, 5.74) is 11.7. The lowest BCUT2D eigenvalue weighted by atomic mass is 10.1. The monoisotopic (exact) mass is 436 g/mol. The minimum atomic E-state index is -1.14. The van der Waals surface area contributed by atoms with Gasteiger partial charge in [-0.1, -0.05) is 0 Å². The highest BCUT2D eigenvalue weighted by Crippen LogP contribution is 2.19. The molecule has 1 amide bonds. The number of hydrogen-bond donors (Lipinski definition) is 4. The number of carboxylic acids is 1. The van der Waals surface area contributed by atoms with Gasteiger partial charge in [0.05, 0.1) is 20.0 Å². The Hall–Kier alpha value is -3.64. The summed E-state index contributed by atoms with van der Waals surface area (Å²) in [6, 6.07) is -1.06. The van der Waals surface area contributed by atoms with Gasteiger partial charge in [0.2, 0.25) is 5.88 Å². The molecular formula is C18H28N8O5. The van der Waals surface area contributed by atoms with Gasteiger partial charge >= 0.3 is 12.1 Å². The molecule has 0 radical (unpaired) electrons. The topological polar surface area (TPSA) is 193 Å². The van der Waals surface area contributed by atoms with Crippen molar-refractivity contribution in [2.75, 3.05) is 20.3 Å². The van der Waals surface area contributed by atoms with Crippen molar-refractivity contribution in [1.82, 2.24) is 24.8 Å². The lowest BCUT2D eigenvalue weighted by molar-refractivity contribution is -0.139. The molecule has 2 aromatic rings. The number of aliphatic imine (C=N–C) groups is 1. The van der Waals surface area contributed by atoms with Crippen molar-refractivity contribution in [1.29, 1.82) is 0 Å². The number of aromatic nitrogens is 4. The third kappa shape index (κ3) is 7.60. The maximum Gasteiger partial charge on any atom is 0.407 e. The molecule has 0 saturated heterocycles. The zero-order chi connectivity index (χ0) is 22.6. The molecule has 0 aromatic carbocycles. The first-order valence-electron chi connectivity index (χ1n) is 9.83. The Balaban J connectivity index is 1.65. The van der Waals surface area contributed by atoms with Crippen LogP contribution in [0.5, 0.6) is 5.88 Å². The number of hydrogen-bond acceptors (Lipinski definition) is 8. The van der Waals surface area contributed by atoms with Crippen LogP contribution in [-0.4, -0.2) is 69.0 Å². The number of aliphatic carboxylic acids is 1. The number of nitrogens with one attached hydrogen (secondary N) is 1. The Morgan fingerprint density at radius 2 is 2.03 bits per heavy atom. The number of amides is 1. The van der Waals surface area contributed by atoms with Crippen molar-refractivity contribution in [3.63, 3.8) is 0 Å². The molecule has 6 N–H and O–H groups in total. The second-order valence-corrected chi connectivity index (χ2v) is 6.67. The maximum atomic E-state index is 11.8. The fourth-order valence-electron chi connectivity index (χ4n) is 2.84. The number of methoxy groups -OCH3 is 1. The lowest BCUT2D eigenvalue weighted by Crippen LogP contribution is -2.41. The molecule has 0 aliphatic rings. The molecule has 2 heterocycles. The van der Waals surface area contributed by atoms with E-state index in [0.29, 0.717) is 36.4 Å². The van der Waals surface area contributed by atoms with Crippen molar-refractivity contribution < 1.29 is 24.2 Å². The molecule has 2 aromatic heterocycles. The number of carbonyl (C=O) groups is 2. The first-order chi connectivity index (χ1) is 14.9. The third-order valence-electron chi connectivity index (χ3n) is 4.37. The summed E-state index contributed by atoms with van der Waals surface area (Å²) in [5.74, 6) is -0.776. The molecule has 0 saturated carbocycles. The Bertz CT molecular complexity index is 896. The molecule has 0 unspecified atom stereocenters. The number of carbonyl (C=O) groups excluding carboxylic acids is 1. The predicted molar refractivity (Wildman–Crippen MR) is 112 cm³/mol. The SMILES string of the molecule is COc1ncnc2c1ncn2CCCCCOC(=O)N[C@H](CCCN=C(N)N)C(=O)O. The number of rotatable bonds is 13. The zero-order valence-corrected chi connectivity index (χ0v) is 17.4. The van der Waals surface area contributed by atoms with Gasteiger partial charge in [-0.3, -0.25) is 4.99 Å². The van der Waals surface area contributed by atoms with E-state index in [1.54, 1.807) is 6.33 Å². The molecule has 2 rings (SSSR count). The maximum absolute atomic E-state index is 11.8. The smallest absolute Gasteiger partial charge is 0.407 e. The first kappa shape index (κ1) is 23.6. The molecule has 0 fully saturated rings. The molecule has 0 aliphatic carbocycles. The van der Waals surface area contributed by atoms with E-state index in [-0.39, 0.29) is 25.5 Å². The van der Waals surface area contributed by atoms with Gasteiger partial charge in [-0.2, -0.15) is 4.98 Å². The quantitative estimate of drug-likeness (QED) is 0.192. The summed E-state index contributed by atoms with van der Waals surface area (Å²) < 4.78 is 12.1. The largest absolute Gasteiger partial charge is 0.480 e. The zero-order valence-electron chi connectivity index (χ0n) is 17.4. The van der Waals surface area contributed by atoms with Crippen molar-refractivity contribution in [2.45, 2.75) is 44.7 Å². The van der Waals surface area contributed by atoms with E-state index in [1.165, 1.54) is 13.4 Å². The highest BCUT2D eigenvalue weighted by molar-refractivity contribution is 5.80. The summed E-state index contributed by atoms with van der Waals surface area (Å²) in [4.78, 5) is 39.4. The molecule has 0 bridgehead atoms. The van der Waals surface area contributed by atoms with Gasteiger partial charge in [0.1, 0.15) is 12.4 Å². The van der Waals surface area contributed by atoms with Crippen LogP contribution in [0.2, 0.25) is 0 Å². The number of nitrogens with two attached hydrogens (primary N) is 2. The number of imidazole rings is 1. The van der Waals surface area contributed by atoms with Crippen LogP contribution in [0.15, 0.2) is 17.6 Å². The third-order valence-corrected chi connectivity index (χ3v) is 4.37. The van der Waals surface area contributed by atoms with Gasteiger partial charge in [-0.05, 0) is 32.1 Å². The van der Waals surface area contributed by atoms with E-state index in [1.807, 2.05) is 4.57 Å².